The van der Waals surface area contributed by atoms with Gasteiger partial charge in [-0.05, 0) is 0 Å². The molecular weight excluding hydrogens is 180 g/mol. The third-order valence-electron chi connectivity index (χ3n) is 2.05. The summed E-state index contributed by atoms with van der Waals surface area (Å²) in [7, 11) is 1.44. The number of nitrogens with one attached hydrogen (secondary N) is 1. The molecule has 1 atom stereocenters. The topological polar surface area (TPSA) is 62.3 Å². The highest BCUT2D eigenvalue weighted by Gasteiger charge is 2.45. The maximum absolute atomic E-state index is 12.9. The Kier molecular flexibility index (Phi) is 2.70. The molecule has 1 aliphatic heterocycles. The molecule has 0 aliphatic carbocycles. The number of hydrogen-bond acceptors (Lipinski definition) is 2. The lowest BCUT2D eigenvalue weighted by Crippen LogP contribution is -2.42. The van der Waals surface area contributed by atoms with Crippen LogP contribution in [0.5, 0.6) is 0 Å². The average molecular weight is 193 g/mol. The normalized spacial score (nSPS) is 26.4. The van der Waals surface area contributed by atoms with Crippen molar-refractivity contribution in [1.82, 2.24) is 4.90 Å². The van der Waals surface area contributed by atoms with E-state index in [1.54, 1.807) is 0 Å². The van der Waals surface area contributed by atoms with Gasteiger partial charge in [0.05, 0.1) is 19.2 Å². The van der Waals surface area contributed by atoms with Gasteiger partial charge >= 0.3 is 0 Å². The number of likely N-dealkylation sites (tertiary alicyclic amines) is 1. The first-order valence-corrected chi connectivity index (χ1v) is 3.94. The molecule has 0 aromatic carbocycles. The van der Waals surface area contributed by atoms with Crippen LogP contribution in [0.2, 0.25) is 0 Å². The zero-order valence-corrected chi connectivity index (χ0v) is 7.39. The van der Waals surface area contributed by atoms with Gasteiger partial charge in [-0.1, -0.05) is 0 Å². The predicted octanol–water partition coefficient (Wildman–Crippen LogP) is 0.236. The van der Waals surface area contributed by atoms with Crippen molar-refractivity contribution in [1.29, 1.82) is 5.41 Å². The molecule has 0 bridgehead atoms. The fourth-order valence-electron chi connectivity index (χ4n) is 1.52. The van der Waals surface area contributed by atoms with Crippen molar-refractivity contribution in [3.63, 3.8) is 0 Å². The van der Waals surface area contributed by atoms with Crippen molar-refractivity contribution in [3.05, 3.63) is 0 Å². The number of hydrogen-bond donors (Lipinski definition) is 2. The summed E-state index contributed by atoms with van der Waals surface area (Å²) < 4.78 is 30.5. The van der Waals surface area contributed by atoms with Crippen LogP contribution < -0.4 is 5.73 Å². The van der Waals surface area contributed by atoms with Gasteiger partial charge in [-0.25, -0.2) is 8.78 Å². The van der Waals surface area contributed by atoms with Crippen LogP contribution in [0.15, 0.2) is 0 Å². The quantitative estimate of drug-likeness (QED) is 0.487. The Morgan fingerprint density at radius 1 is 1.77 bits per heavy atom. The van der Waals surface area contributed by atoms with Gasteiger partial charge in [0, 0.05) is 13.5 Å². The second-order valence-electron chi connectivity index (χ2n) is 3.18. The van der Waals surface area contributed by atoms with E-state index in [1.807, 2.05) is 0 Å². The Hall–Kier alpha value is -0.910. The molecule has 3 N–H and O–H groups in total. The summed E-state index contributed by atoms with van der Waals surface area (Å²) in [6, 6.07) is -0.475. The second kappa shape index (κ2) is 3.45. The molecule has 1 aliphatic rings. The highest BCUT2D eigenvalue weighted by atomic mass is 19.3. The molecule has 0 radical (unpaired) electrons. The van der Waals surface area contributed by atoms with E-state index in [-0.39, 0.29) is 19.0 Å². The molecule has 0 spiro atoms. The summed E-state index contributed by atoms with van der Waals surface area (Å²) >= 11 is 0. The van der Waals surface area contributed by atoms with Crippen LogP contribution in [0.25, 0.3) is 0 Å². The first kappa shape index (κ1) is 10.2. The van der Waals surface area contributed by atoms with Crippen LogP contribution >= 0.6 is 0 Å². The monoisotopic (exact) mass is 193 g/mol. The molecule has 0 saturated carbocycles. The zero-order valence-electron chi connectivity index (χ0n) is 7.39. The summed E-state index contributed by atoms with van der Waals surface area (Å²) in [5.41, 5.74) is 5.16. The maximum Gasteiger partial charge on any atom is 0.267 e. The van der Waals surface area contributed by atoms with E-state index >= 15 is 0 Å². The maximum atomic E-state index is 12.9. The Labute approximate surface area is 75.2 Å². The third kappa shape index (κ3) is 2.27. The van der Waals surface area contributed by atoms with Crippen LogP contribution in [0.3, 0.4) is 0 Å². The molecule has 13 heavy (non-hydrogen) atoms. The lowest BCUT2D eigenvalue weighted by Gasteiger charge is -2.22. The van der Waals surface area contributed by atoms with Gasteiger partial charge in [0.15, 0.2) is 5.96 Å². The fourth-order valence-corrected chi connectivity index (χ4v) is 1.52. The van der Waals surface area contributed by atoms with E-state index in [1.165, 1.54) is 12.0 Å². The SMILES string of the molecule is COC[C@@H]1CC(F)(F)CN1C(=N)N. The summed E-state index contributed by atoms with van der Waals surface area (Å²) in [4.78, 5) is 1.17. The zero-order chi connectivity index (χ0) is 10.1. The van der Waals surface area contributed by atoms with Crippen molar-refractivity contribution in [3.8, 4) is 0 Å². The van der Waals surface area contributed by atoms with Crippen LogP contribution in [-0.2, 0) is 4.74 Å². The average Bonchev–Trinajstić information content (AvgIpc) is 2.26. The van der Waals surface area contributed by atoms with E-state index in [0.29, 0.717) is 0 Å². The lowest BCUT2D eigenvalue weighted by molar-refractivity contribution is 0.0150. The number of nitrogens with zero attached hydrogens (tertiary/aromatic N) is 1. The molecule has 0 amide bonds. The van der Waals surface area contributed by atoms with E-state index in [2.05, 4.69) is 0 Å². The Morgan fingerprint density at radius 2 is 2.38 bits per heavy atom. The van der Waals surface area contributed by atoms with Crippen molar-refractivity contribution < 1.29 is 13.5 Å². The van der Waals surface area contributed by atoms with Gasteiger partial charge in [-0.15, -0.1) is 0 Å². The Morgan fingerprint density at radius 3 is 2.85 bits per heavy atom. The van der Waals surface area contributed by atoms with Gasteiger partial charge in [0.25, 0.3) is 5.92 Å². The molecular formula is C7H13F2N3O. The van der Waals surface area contributed by atoms with E-state index in [0.717, 1.165) is 0 Å². The second-order valence-corrected chi connectivity index (χ2v) is 3.18. The highest BCUT2D eigenvalue weighted by molar-refractivity contribution is 5.75. The molecule has 1 rings (SSSR count). The van der Waals surface area contributed by atoms with Gasteiger partial charge in [-0.2, -0.15) is 0 Å². The number of alkyl halides is 2. The molecule has 0 aromatic heterocycles. The van der Waals surface area contributed by atoms with E-state index in [4.69, 9.17) is 15.9 Å². The molecule has 1 fully saturated rings. The van der Waals surface area contributed by atoms with Crippen LogP contribution in [0, 0.1) is 5.41 Å². The molecule has 6 heteroatoms. The van der Waals surface area contributed by atoms with Gasteiger partial charge in [-0.3, -0.25) is 5.41 Å². The van der Waals surface area contributed by atoms with Crippen LogP contribution in [0.1, 0.15) is 6.42 Å². The van der Waals surface area contributed by atoms with Crippen LogP contribution in [0.4, 0.5) is 8.78 Å². The Balaban J connectivity index is 2.65. The van der Waals surface area contributed by atoms with Gasteiger partial charge < -0.3 is 15.4 Å². The third-order valence-corrected chi connectivity index (χ3v) is 2.05. The lowest BCUT2D eigenvalue weighted by atomic mass is 10.2. The minimum absolute atomic E-state index is 0.176. The standard InChI is InChI=1S/C7H13F2N3O/c1-13-3-5-2-7(8,9)4-12(5)6(10)11/h5H,2-4H2,1H3,(H3,10,11)/t5-/m0/s1. The van der Waals surface area contributed by atoms with E-state index < -0.39 is 18.5 Å². The first-order chi connectivity index (χ1) is 5.96. The number of nitrogens with two attached hydrogens (primary N) is 1. The van der Waals surface area contributed by atoms with Crippen molar-refractivity contribution >= 4 is 5.96 Å². The van der Waals surface area contributed by atoms with Crippen molar-refractivity contribution in [2.75, 3.05) is 20.3 Å². The summed E-state index contributed by atoms with van der Waals surface area (Å²) in [6.45, 7) is -0.300. The van der Waals surface area contributed by atoms with Crippen molar-refractivity contribution in [2.45, 2.75) is 18.4 Å². The summed E-state index contributed by atoms with van der Waals surface area (Å²) in [5.74, 6) is -3.08. The van der Waals surface area contributed by atoms with Crippen molar-refractivity contribution in [2.24, 2.45) is 5.73 Å². The molecule has 4 nitrogen and oxygen atoms in total. The fraction of sp³-hybridized carbons (Fsp3) is 0.857. The summed E-state index contributed by atoms with van der Waals surface area (Å²) in [6.07, 6.45) is -0.291. The number of methoxy groups -OCH3 is 1. The minimum atomic E-state index is -2.76. The number of guanidine groups is 1. The van der Waals surface area contributed by atoms with Gasteiger partial charge in [0.2, 0.25) is 0 Å². The van der Waals surface area contributed by atoms with E-state index in [9.17, 15) is 8.78 Å². The largest absolute Gasteiger partial charge is 0.383 e. The minimum Gasteiger partial charge on any atom is -0.383 e. The molecule has 0 unspecified atom stereocenters. The molecule has 0 aromatic rings. The number of halogens is 2. The van der Waals surface area contributed by atoms with Crippen LogP contribution in [-0.4, -0.2) is 43.1 Å². The predicted molar refractivity (Wildman–Crippen MR) is 43.8 cm³/mol. The number of rotatable bonds is 2. The highest BCUT2D eigenvalue weighted by Crippen LogP contribution is 2.31. The molecule has 76 valence electrons. The smallest absolute Gasteiger partial charge is 0.267 e. The molecule has 1 heterocycles. The first-order valence-electron chi connectivity index (χ1n) is 3.94. The number of ether oxygens (including phenoxy) is 1. The van der Waals surface area contributed by atoms with Gasteiger partial charge in [0.1, 0.15) is 0 Å². The molecule has 1 saturated heterocycles. The summed E-state index contributed by atoms with van der Waals surface area (Å²) in [5, 5.41) is 7.09. The Bertz CT molecular complexity index is 210.